The summed E-state index contributed by atoms with van der Waals surface area (Å²) in [6, 6.07) is 0. The first-order chi connectivity index (χ1) is 4.84. The van der Waals surface area contributed by atoms with E-state index < -0.39 is 0 Å². The fourth-order valence-electron chi connectivity index (χ4n) is 0.662. The number of Topliss-reactive ketones (excluding diaryl/α,β-unsaturated/α-hetero) is 1. The van der Waals surface area contributed by atoms with E-state index in [9.17, 15) is 4.79 Å². The first-order valence-electron chi connectivity index (χ1n) is 3.02. The molecule has 0 aliphatic carbocycles. The normalized spacial score (nSPS) is 9.70. The van der Waals surface area contributed by atoms with E-state index >= 15 is 0 Å². The maximum atomic E-state index is 10.9. The Morgan fingerprint density at radius 2 is 2.70 bits per heavy atom. The Balaban J connectivity index is 2.59. The molecule has 2 N–H and O–H groups in total. The molecule has 1 aromatic heterocycles. The number of likely N-dealkylation sites (N-methyl/N-ethyl adjacent to an activating group) is 1. The molecule has 0 aliphatic heterocycles. The average Bonchev–Trinajstić information content (AvgIpc) is 2.38. The Labute approximate surface area is 58.7 Å². The maximum Gasteiger partial charge on any atom is 0.211 e. The van der Waals surface area contributed by atoms with E-state index in [2.05, 4.69) is 15.3 Å². The van der Waals surface area contributed by atoms with Crippen LogP contribution in [0.2, 0.25) is 0 Å². The van der Waals surface area contributed by atoms with Gasteiger partial charge >= 0.3 is 0 Å². The second-order valence-electron chi connectivity index (χ2n) is 1.89. The minimum absolute atomic E-state index is 0.0208. The summed E-state index contributed by atoms with van der Waals surface area (Å²) in [6.45, 7) is 0.327. The monoisotopic (exact) mass is 139 g/mol. The Hall–Kier alpha value is -1.16. The van der Waals surface area contributed by atoms with Gasteiger partial charge in [0.1, 0.15) is 0 Å². The largest absolute Gasteiger partial charge is 0.342 e. The van der Waals surface area contributed by atoms with Crippen molar-refractivity contribution in [3.63, 3.8) is 0 Å². The first-order valence-corrected chi connectivity index (χ1v) is 3.02. The summed E-state index contributed by atoms with van der Waals surface area (Å²) in [4.78, 5) is 17.5. The van der Waals surface area contributed by atoms with E-state index in [0.29, 0.717) is 12.4 Å². The summed E-state index contributed by atoms with van der Waals surface area (Å²) >= 11 is 0. The van der Waals surface area contributed by atoms with Gasteiger partial charge in [0.2, 0.25) is 5.78 Å². The predicted octanol–water partition coefficient (Wildman–Crippen LogP) is -0.188. The van der Waals surface area contributed by atoms with Crippen LogP contribution in [0.3, 0.4) is 0 Å². The lowest BCUT2D eigenvalue weighted by molar-refractivity contribution is 0.0984. The third kappa shape index (κ3) is 1.41. The number of nitrogens with zero attached hydrogens (tertiary/aromatic N) is 1. The molecule has 0 fully saturated rings. The van der Waals surface area contributed by atoms with Crippen molar-refractivity contribution >= 4 is 5.78 Å². The molecule has 4 heteroatoms. The lowest BCUT2D eigenvalue weighted by Crippen LogP contribution is -2.19. The van der Waals surface area contributed by atoms with Crippen molar-refractivity contribution in [3.05, 3.63) is 18.2 Å². The average molecular weight is 139 g/mol. The number of rotatable bonds is 3. The molecule has 0 saturated heterocycles. The molecule has 0 atom stereocenters. The molecule has 1 heterocycles. The molecular weight excluding hydrogens is 130 g/mol. The van der Waals surface area contributed by atoms with Gasteiger partial charge in [-0.25, -0.2) is 4.98 Å². The fourth-order valence-corrected chi connectivity index (χ4v) is 0.662. The maximum absolute atomic E-state index is 10.9. The van der Waals surface area contributed by atoms with E-state index in [0.717, 1.165) is 0 Å². The number of hydrogen-bond donors (Lipinski definition) is 2. The van der Waals surface area contributed by atoms with Gasteiger partial charge in [-0.05, 0) is 7.05 Å². The lowest BCUT2D eigenvalue weighted by Gasteiger charge is -1.92. The number of nitrogens with one attached hydrogen (secondary N) is 2. The molecule has 0 aromatic carbocycles. The second kappa shape index (κ2) is 3.12. The number of carbonyl (C=O) groups is 1. The lowest BCUT2D eigenvalue weighted by atomic mass is 10.4. The highest BCUT2D eigenvalue weighted by Crippen LogP contribution is 1.87. The van der Waals surface area contributed by atoms with Crippen LogP contribution >= 0.6 is 0 Å². The van der Waals surface area contributed by atoms with Crippen LogP contribution in [0.15, 0.2) is 12.4 Å². The topological polar surface area (TPSA) is 57.8 Å². The van der Waals surface area contributed by atoms with Gasteiger partial charge in [0.25, 0.3) is 0 Å². The van der Waals surface area contributed by atoms with E-state index in [1.807, 2.05) is 0 Å². The van der Waals surface area contributed by atoms with E-state index in [-0.39, 0.29) is 5.78 Å². The quantitative estimate of drug-likeness (QED) is 0.571. The van der Waals surface area contributed by atoms with Crippen LogP contribution < -0.4 is 5.32 Å². The van der Waals surface area contributed by atoms with Gasteiger partial charge in [0, 0.05) is 12.4 Å². The highest BCUT2D eigenvalue weighted by Gasteiger charge is 2.04. The van der Waals surface area contributed by atoms with Crippen molar-refractivity contribution in [2.45, 2.75) is 0 Å². The summed E-state index contributed by atoms with van der Waals surface area (Å²) < 4.78 is 0. The second-order valence-corrected chi connectivity index (χ2v) is 1.89. The molecule has 4 nitrogen and oxygen atoms in total. The molecule has 1 aromatic rings. The van der Waals surface area contributed by atoms with Gasteiger partial charge in [0.05, 0.1) is 6.54 Å². The zero-order valence-corrected chi connectivity index (χ0v) is 5.72. The van der Waals surface area contributed by atoms with E-state index in [1.54, 1.807) is 19.4 Å². The Morgan fingerprint density at radius 1 is 1.90 bits per heavy atom. The first kappa shape index (κ1) is 6.95. The van der Waals surface area contributed by atoms with Crippen molar-refractivity contribution in [1.82, 2.24) is 15.3 Å². The third-order valence-electron chi connectivity index (χ3n) is 1.10. The number of ketones is 1. The van der Waals surface area contributed by atoms with Crippen molar-refractivity contribution in [2.24, 2.45) is 0 Å². The molecule has 10 heavy (non-hydrogen) atoms. The molecule has 0 spiro atoms. The summed E-state index contributed by atoms with van der Waals surface area (Å²) in [5, 5.41) is 2.75. The van der Waals surface area contributed by atoms with Gasteiger partial charge in [-0.3, -0.25) is 4.79 Å². The number of hydrogen-bond acceptors (Lipinski definition) is 3. The molecule has 0 saturated carbocycles. The van der Waals surface area contributed by atoms with Crippen LogP contribution in [0.1, 0.15) is 10.6 Å². The highest BCUT2D eigenvalue weighted by atomic mass is 16.1. The van der Waals surface area contributed by atoms with Gasteiger partial charge in [-0.2, -0.15) is 0 Å². The summed E-state index contributed by atoms with van der Waals surface area (Å²) in [7, 11) is 1.72. The zero-order valence-electron chi connectivity index (χ0n) is 5.72. The molecule has 1 rings (SSSR count). The minimum atomic E-state index is -0.0208. The summed E-state index contributed by atoms with van der Waals surface area (Å²) in [5.41, 5.74) is 0. The van der Waals surface area contributed by atoms with Gasteiger partial charge in [0.15, 0.2) is 5.82 Å². The number of aromatic nitrogens is 2. The number of aromatic amines is 1. The Kier molecular flexibility index (Phi) is 2.17. The highest BCUT2D eigenvalue weighted by molar-refractivity contribution is 5.94. The molecular formula is C6H9N3O. The Morgan fingerprint density at radius 3 is 3.20 bits per heavy atom. The molecule has 0 amide bonds. The molecule has 0 radical (unpaired) electrons. The van der Waals surface area contributed by atoms with Crippen molar-refractivity contribution in [1.29, 1.82) is 0 Å². The fraction of sp³-hybridized carbons (Fsp3) is 0.333. The molecule has 0 aliphatic rings. The van der Waals surface area contributed by atoms with Gasteiger partial charge in [-0.1, -0.05) is 0 Å². The van der Waals surface area contributed by atoms with Crippen LogP contribution in [0.5, 0.6) is 0 Å². The van der Waals surface area contributed by atoms with Crippen molar-refractivity contribution < 1.29 is 4.79 Å². The van der Waals surface area contributed by atoms with Crippen LogP contribution in [-0.4, -0.2) is 29.3 Å². The van der Waals surface area contributed by atoms with E-state index in [1.165, 1.54) is 0 Å². The minimum Gasteiger partial charge on any atom is -0.342 e. The number of imidazole rings is 1. The predicted molar refractivity (Wildman–Crippen MR) is 36.8 cm³/mol. The van der Waals surface area contributed by atoms with Crippen LogP contribution in [0, 0.1) is 0 Å². The summed E-state index contributed by atoms with van der Waals surface area (Å²) in [5.74, 6) is 0.391. The standard InChI is InChI=1S/C6H9N3O/c1-7-4-5(10)6-8-2-3-9-6/h2-3,7H,4H2,1H3,(H,8,9). The summed E-state index contributed by atoms with van der Waals surface area (Å²) in [6.07, 6.45) is 3.19. The third-order valence-corrected chi connectivity index (χ3v) is 1.10. The number of carbonyl (C=O) groups excluding carboxylic acids is 1. The van der Waals surface area contributed by atoms with Gasteiger partial charge < -0.3 is 10.3 Å². The van der Waals surface area contributed by atoms with Crippen molar-refractivity contribution in [2.75, 3.05) is 13.6 Å². The van der Waals surface area contributed by atoms with Crippen molar-refractivity contribution in [3.8, 4) is 0 Å². The molecule has 54 valence electrons. The van der Waals surface area contributed by atoms with E-state index in [4.69, 9.17) is 0 Å². The molecule has 0 unspecified atom stereocenters. The number of H-pyrrole nitrogens is 1. The van der Waals surface area contributed by atoms with Crippen LogP contribution in [0.4, 0.5) is 0 Å². The van der Waals surface area contributed by atoms with Crippen LogP contribution in [-0.2, 0) is 0 Å². The Bertz CT molecular complexity index is 205. The van der Waals surface area contributed by atoms with Gasteiger partial charge in [-0.15, -0.1) is 0 Å². The van der Waals surface area contributed by atoms with Crippen LogP contribution in [0.25, 0.3) is 0 Å². The molecule has 0 bridgehead atoms. The smallest absolute Gasteiger partial charge is 0.211 e. The zero-order chi connectivity index (χ0) is 7.40. The SMILES string of the molecule is CNCC(=O)c1ncc[nH]1.